The molecule has 5 heteroatoms. The number of halogens is 2. The monoisotopic (exact) mass is 306 g/mol. The van der Waals surface area contributed by atoms with E-state index < -0.39 is 0 Å². The van der Waals surface area contributed by atoms with Crippen LogP contribution in [-0.4, -0.2) is 9.97 Å². The molecule has 0 aliphatic carbocycles. The molecule has 0 amide bonds. The van der Waals surface area contributed by atoms with E-state index in [1.54, 1.807) is 6.07 Å². The van der Waals surface area contributed by atoms with E-state index in [0.717, 1.165) is 22.2 Å². The molecule has 0 atom stereocenters. The maximum atomic E-state index is 6.18. The van der Waals surface area contributed by atoms with Gasteiger partial charge < -0.3 is 4.42 Å². The molecule has 3 nitrogen and oxygen atoms in total. The Bertz CT molecular complexity index is 781. The molecule has 1 aromatic carbocycles. The van der Waals surface area contributed by atoms with Crippen molar-refractivity contribution in [3.63, 3.8) is 0 Å². The fraction of sp³-hybridized carbons (Fsp3) is 0.200. The Hall–Kier alpha value is -1.58. The van der Waals surface area contributed by atoms with E-state index in [0.29, 0.717) is 15.9 Å². The quantitative estimate of drug-likeness (QED) is 0.601. The highest BCUT2D eigenvalue weighted by atomic mass is 35.5. The highest BCUT2D eigenvalue weighted by molar-refractivity contribution is 6.31. The van der Waals surface area contributed by atoms with E-state index in [1.807, 2.05) is 32.0 Å². The van der Waals surface area contributed by atoms with Gasteiger partial charge in [0, 0.05) is 16.0 Å². The Kier molecular flexibility index (Phi) is 3.40. The van der Waals surface area contributed by atoms with E-state index in [-0.39, 0.29) is 5.92 Å². The number of rotatable bonds is 2. The zero-order chi connectivity index (χ0) is 14.3. The molecular weight excluding hydrogens is 295 g/mol. The summed E-state index contributed by atoms with van der Waals surface area (Å²) in [6.45, 7) is 4.10. The van der Waals surface area contributed by atoms with Crippen LogP contribution in [0.2, 0.25) is 10.2 Å². The summed E-state index contributed by atoms with van der Waals surface area (Å²) in [5.41, 5.74) is 2.39. The third-order valence-electron chi connectivity index (χ3n) is 3.12. The second-order valence-electron chi connectivity index (χ2n) is 4.87. The third kappa shape index (κ3) is 2.28. The van der Waals surface area contributed by atoms with Gasteiger partial charge in [-0.15, -0.1) is 0 Å². The van der Waals surface area contributed by atoms with Crippen LogP contribution in [0.4, 0.5) is 0 Å². The summed E-state index contributed by atoms with van der Waals surface area (Å²) in [5, 5.41) is 2.08. The SMILES string of the molecule is CC(C)c1c(Cl)ncnc1-c1cc2cc(Cl)ccc2o1. The highest BCUT2D eigenvalue weighted by Gasteiger charge is 2.18. The van der Waals surface area contributed by atoms with Crippen molar-refractivity contribution in [2.75, 3.05) is 0 Å². The van der Waals surface area contributed by atoms with Gasteiger partial charge in [0.1, 0.15) is 22.8 Å². The lowest BCUT2D eigenvalue weighted by molar-refractivity contribution is 0.625. The zero-order valence-electron chi connectivity index (χ0n) is 11.0. The van der Waals surface area contributed by atoms with Crippen LogP contribution in [-0.2, 0) is 0 Å². The number of aromatic nitrogens is 2. The van der Waals surface area contributed by atoms with E-state index >= 15 is 0 Å². The Morgan fingerprint density at radius 2 is 1.90 bits per heavy atom. The van der Waals surface area contributed by atoms with Crippen molar-refractivity contribution >= 4 is 34.2 Å². The van der Waals surface area contributed by atoms with Crippen molar-refractivity contribution in [1.29, 1.82) is 0 Å². The lowest BCUT2D eigenvalue weighted by atomic mass is 10.0. The van der Waals surface area contributed by atoms with E-state index in [1.165, 1.54) is 6.33 Å². The maximum absolute atomic E-state index is 6.18. The van der Waals surface area contributed by atoms with Crippen molar-refractivity contribution in [2.24, 2.45) is 0 Å². The topological polar surface area (TPSA) is 38.9 Å². The first-order valence-corrected chi connectivity index (χ1v) is 7.01. The van der Waals surface area contributed by atoms with Gasteiger partial charge in [-0.05, 0) is 30.2 Å². The van der Waals surface area contributed by atoms with Crippen molar-refractivity contribution in [3.8, 4) is 11.5 Å². The van der Waals surface area contributed by atoms with Crippen molar-refractivity contribution < 1.29 is 4.42 Å². The van der Waals surface area contributed by atoms with Crippen LogP contribution >= 0.6 is 23.2 Å². The summed E-state index contributed by atoms with van der Waals surface area (Å²) in [4.78, 5) is 8.37. The van der Waals surface area contributed by atoms with Crippen LogP contribution in [0.3, 0.4) is 0 Å². The molecule has 0 aliphatic rings. The Morgan fingerprint density at radius 3 is 2.65 bits per heavy atom. The number of fused-ring (bicyclic) bond motifs is 1. The Balaban J connectivity index is 2.23. The number of hydrogen-bond acceptors (Lipinski definition) is 3. The number of nitrogens with zero attached hydrogens (tertiary/aromatic N) is 2. The second kappa shape index (κ2) is 5.08. The molecule has 2 aromatic heterocycles. The van der Waals surface area contributed by atoms with E-state index in [9.17, 15) is 0 Å². The molecule has 0 saturated carbocycles. The first kappa shape index (κ1) is 13.4. The van der Waals surface area contributed by atoms with Gasteiger partial charge in [0.25, 0.3) is 0 Å². The molecule has 0 fully saturated rings. The van der Waals surface area contributed by atoms with Crippen molar-refractivity contribution in [2.45, 2.75) is 19.8 Å². The van der Waals surface area contributed by atoms with Crippen LogP contribution in [0.1, 0.15) is 25.3 Å². The van der Waals surface area contributed by atoms with E-state index in [4.69, 9.17) is 27.6 Å². The molecule has 3 rings (SSSR count). The first-order valence-electron chi connectivity index (χ1n) is 6.26. The second-order valence-corrected chi connectivity index (χ2v) is 5.67. The standard InChI is InChI=1S/C15H12Cl2N2O/c1-8(2)13-14(18-7-19-15(13)17)12-6-9-5-10(16)3-4-11(9)20-12/h3-8H,1-2H3. The largest absolute Gasteiger partial charge is 0.454 e. The van der Waals surface area contributed by atoms with Gasteiger partial charge in [0.15, 0.2) is 5.76 Å². The van der Waals surface area contributed by atoms with Crippen LogP contribution in [0, 0.1) is 0 Å². The molecule has 3 aromatic rings. The molecule has 0 N–H and O–H groups in total. The van der Waals surface area contributed by atoms with Gasteiger partial charge in [-0.3, -0.25) is 0 Å². The van der Waals surface area contributed by atoms with Gasteiger partial charge >= 0.3 is 0 Å². The summed E-state index contributed by atoms with van der Waals surface area (Å²) in [6, 6.07) is 7.43. The normalized spacial score (nSPS) is 11.4. The summed E-state index contributed by atoms with van der Waals surface area (Å²) in [6.07, 6.45) is 1.45. The third-order valence-corrected chi connectivity index (χ3v) is 3.66. The Morgan fingerprint density at radius 1 is 1.10 bits per heavy atom. The predicted octanol–water partition coefficient (Wildman–Crippen LogP) is 5.32. The lowest BCUT2D eigenvalue weighted by Gasteiger charge is -2.10. The summed E-state index contributed by atoms with van der Waals surface area (Å²) >= 11 is 12.2. The van der Waals surface area contributed by atoms with Crippen molar-refractivity contribution in [1.82, 2.24) is 9.97 Å². The molecule has 0 aliphatic heterocycles. The molecule has 0 unspecified atom stereocenters. The van der Waals surface area contributed by atoms with Gasteiger partial charge in [-0.2, -0.15) is 0 Å². The van der Waals surface area contributed by atoms with Crippen LogP contribution < -0.4 is 0 Å². The highest BCUT2D eigenvalue weighted by Crippen LogP contribution is 2.35. The van der Waals surface area contributed by atoms with Gasteiger partial charge in [0.05, 0.1) is 0 Å². The molecule has 2 heterocycles. The molecule has 0 spiro atoms. The number of hydrogen-bond donors (Lipinski definition) is 0. The average molecular weight is 307 g/mol. The van der Waals surface area contributed by atoms with Gasteiger partial charge in [-0.25, -0.2) is 9.97 Å². The summed E-state index contributed by atoms with van der Waals surface area (Å²) in [7, 11) is 0. The fourth-order valence-electron chi connectivity index (χ4n) is 2.21. The average Bonchev–Trinajstić information content (AvgIpc) is 2.80. The first-order chi connectivity index (χ1) is 9.56. The molecule has 0 saturated heterocycles. The summed E-state index contributed by atoms with van der Waals surface area (Å²) < 4.78 is 5.85. The minimum atomic E-state index is 0.204. The molecule has 0 bridgehead atoms. The number of benzene rings is 1. The Labute approximate surface area is 126 Å². The van der Waals surface area contributed by atoms with E-state index in [2.05, 4.69) is 9.97 Å². The molecular formula is C15H12Cl2N2O. The molecule has 102 valence electrons. The van der Waals surface area contributed by atoms with Crippen LogP contribution in [0.15, 0.2) is 35.0 Å². The number of furan rings is 1. The van der Waals surface area contributed by atoms with Crippen LogP contribution in [0.25, 0.3) is 22.4 Å². The van der Waals surface area contributed by atoms with Gasteiger partial charge in [0.2, 0.25) is 0 Å². The summed E-state index contributed by atoms with van der Waals surface area (Å²) in [5.74, 6) is 0.880. The smallest absolute Gasteiger partial charge is 0.154 e. The maximum Gasteiger partial charge on any atom is 0.154 e. The zero-order valence-corrected chi connectivity index (χ0v) is 12.5. The van der Waals surface area contributed by atoms with Crippen molar-refractivity contribution in [3.05, 3.63) is 46.3 Å². The fourth-order valence-corrected chi connectivity index (χ4v) is 2.74. The molecule has 0 radical (unpaired) electrons. The van der Waals surface area contributed by atoms with Crippen LogP contribution in [0.5, 0.6) is 0 Å². The minimum absolute atomic E-state index is 0.204. The molecule has 20 heavy (non-hydrogen) atoms. The van der Waals surface area contributed by atoms with Gasteiger partial charge in [-0.1, -0.05) is 37.0 Å². The minimum Gasteiger partial charge on any atom is -0.454 e. The lowest BCUT2D eigenvalue weighted by Crippen LogP contribution is -1.98. The predicted molar refractivity (Wildman–Crippen MR) is 81.3 cm³/mol.